The standard InChI is InChI=1S/C18H15BrCl2N2OS/c19-14(9-13-5-2-1-3-6-13)10-22-23-18(24)12-25-11-15-16(20)7-4-8-17(15)21/h1-10H,11-12H2,(H,23,24)/b14-9-,22-10?. The number of benzene rings is 2. The molecular weight excluding hydrogens is 443 g/mol. The van der Waals surface area contributed by atoms with Crippen LogP contribution in [0.25, 0.3) is 6.08 Å². The Morgan fingerprint density at radius 2 is 1.80 bits per heavy atom. The first-order valence-electron chi connectivity index (χ1n) is 7.31. The van der Waals surface area contributed by atoms with Gasteiger partial charge in [-0.2, -0.15) is 5.10 Å². The molecule has 0 atom stereocenters. The van der Waals surface area contributed by atoms with Crippen LogP contribution in [0, 0.1) is 0 Å². The first-order chi connectivity index (χ1) is 12.1. The van der Waals surface area contributed by atoms with Gasteiger partial charge >= 0.3 is 0 Å². The maximum Gasteiger partial charge on any atom is 0.250 e. The Hall–Kier alpha value is -1.27. The maximum absolute atomic E-state index is 11.8. The van der Waals surface area contributed by atoms with Crippen LogP contribution in [0.2, 0.25) is 10.0 Å². The van der Waals surface area contributed by atoms with E-state index in [4.69, 9.17) is 23.2 Å². The van der Waals surface area contributed by atoms with Crippen LogP contribution in [-0.2, 0) is 10.5 Å². The van der Waals surface area contributed by atoms with E-state index in [1.807, 2.05) is 36.4 Å². The van der Waals surface area contributed by atoms with Crippen molar-refractivity contribution in [3.05, 3.63) is 74.2 Å². The van der Waals surface area contributed by atoms with Crippen LogP contribution in [-0.4, -0.2) is 17.9 Å². The van der Waals surface area contributed by atoms with Crippen LogP contribution in [0.3, 0.4) is 0 Å². The lowest BCUT2D eigenvalue weighted by Crippen LogP contribution is -2.19. The molecule has 0 saturated heterocycles. The highest BCUT2D eigenvalue weighted by Crippen LogP contribution is 2.28. The molecule has 130 valence electrons. The van der Waals surface area contributed by atoms with Crippen LogP contribution in [0.15, 0.2) is 58.1 Å². The largest absolute Gasteiger partial charge is 0.272 e. The SMILES string of the molecule is O=C(CSCc1c(Cl)cccc1Cl)NN=C/C(Br)=C/c1ccccc1. The van der Waals surface area contributed by atoms with Crippen LogP contribution in [0.1, 0.15) is 11.1 Å². The topological polar surface area (TPSA) is 41.5 Å². The van der Waals surface area contributed by atoms with Crippen molar-refractivity contribution in [2.45, 2.75) is 5.75 Å². The molecule has 0 aromatic heterocycles. The van der Waals surface area contributed by atoms with Crippen molar-refractivity contribution < 1.29 is 4.79 Å². The highest BCUT2D eigenvalue weighted by atomic mass is 79.9. The van der Waals surface area contributed by atoms with Gasteiger partial charge in [0.25, 0.3) is 0 Å². The Morgan fingerprint density at radius 3 is 2.48 bits per heavy atom. The number of rotatable bonds is 7. The average molecular weight is 458 g/mol. The third kappa shape index (κ3) is 7.24. The van der Waals surface area contributed by atoms with Crippen LogP contribution in [0.5, 0.6) is 0 Å². The van der Waals surface area contributed by atoms with Gasteiger partial charge in [0.2, 0.25) is 5.91 Å². The molecule has 0 bridgehead atoms. The van der Waals surface area contributed by atoms with Gasteiger partial charge in [-0.1, -0.05) is 59.6 Å². The molecule has 0 heterocycles. The van der Waals surface area contributed by atoms with E-state index < -0.39 is 0 Å². The minimum absolute atomic E-state index is 0.190. The number of nitrogens with zero attached hydrogens (tertiary/aromatic N) is 1. The number of halogens is 3. The smallest absolute Gasteiger partial charge is 0.250 e. The van der Waals surface area contributed by atoms with Crippen molar-refractivity contribution in [1.82, 2.24) is 5.43 Å². The van der Waals surface area contributed by atoms with Gasteiger partial charge in [-0.05, 0) is 45.3 Å². The van der Waals surface area contributed by atoms with E-state index in [0.717, 1.165) is 15.6 Å². The van der Waals surface area contributed by atoms with Gasteiger partial charge < -0.3 is 0 Å². The summed E-state index contributed by atoms with van der Waals surface area (Å²) in [6.07, 6.45) is 3.45. The molecule has 0 aliphatic rings. The molecular formula is C18H15BrCl2N2OS. The first-order valence-corrected chi connectivity index (χ1v) is 10.0. The summed E-state index contributed by atoms with van der Waals surface area (Å²) in [5, 5.41) is 5.13. The summed E-state index contributed by atoms with van der Waals surface area (Å²) in [5.41, 5.74) is 4.36. The number of thioether (sulfide) groups is 1. The lowest BCUT2D eigenvalue weighted by atomic mass is 10.2. The third-order valence-electron chi connectivity index (χ3n) is 3.02. The molecule has 2 aromatic rings. The second kappa shape index (κ2) is 10.7. The highest BCUT2D eigenvalue weighted by molar-refractivity contribution is 9.12. The fourth-order valence-electron chi connectivity index (χ4n) is 1.86. The van der Waals surface area contributed by atoms with Gasteiger partial charge in [0.1, 0.15) is 0 Å². The quantitative estimate of drug-likeness (QED) is 0.423. The minimum atomic E-state index is -0.190. The molecule has 0 saturated carbocycles. The predicted octanol–water partition coefficient (Wildman–Crippen LogP) is 5.76. The van der Waals surface area contributed by atoms with Gasteiger partial charge in [-0.15, -0.1) is 11.8 Å². The molecule has 0 radical (unpaired) electrons. The van der Waals surface area contributed by atoms with E-state index in [9.17, 15) is 4.79 Å². The van der Waals surface area contributed by atoms with Crippen molar-refractivity contribution in [1.29, 1.82) is 0 Å². The van der Waals surface area contributed by atoms with E-state index in [0.29, 0.717) is 15.8 Å². The van der Waals surface area contributed by atoms with Gasteiger partial charge in [0, 0.05) is 20.3 Å². The number of hydrogen-bond acceptors (Lipinski definition) is 3. The Labute approximate surface area is 169 Å². The number of allylic oxidation sites excluding steroid dienone is 1. The summed E-state index contributed by atoms with van der Waals surface area (Å²) in [6.45, 7) is 0. The molecule has 0 unspecified atom stereocenters. The molecule has 25 heavy (non-hydrogen) atoms. The van der Waals surface area contributed by atoms with Crippen LogP contribution < -0.4 is 5.43 Å². The number of hydrogen-bond donors (Lipinski definition) is 1. The molecule has 0 aliphatic heterocycles. The molecule has 0 fully saturated rings. The van der Waals surface area contributed by atoms with E-state index in [-0.39, 0.29) is 11.7 Å². The summed E-state index contributed by atoms with van der Waals surface area (Å²) in [4.78, 5) is 11.8. The fourth-order valence-corrected chi connectivity index (χ4v) is 3.78. The monoisotopic (exact) mass is 456 g/mol. The number of carbonyl (C=O) groups excluding carboxylic acids is 1. The highest BCUT2D eigenvalue weighted by Gasteiger charge is 2.07. The zero-order valence-electron chi connectivity index (χ0n) is 13.1. The summed E-state index contributed by atoms with van der Waals surface area (Å²) in [5.74, 6) is 0.635. The second-order valence-corrected chi connectivity index (χ2v) is 7.64. The summed E-state index contributed by atoms with van der Waals surface area (Å²) in [7, 11) is 0. The Balaban J connectivity index is 1.76. The Morgan fingerprint density at radius 1 is 1.12 bits per heavy atom. The fraction of sp³-hybridized carbons (Fsp3) is 0.111. The molecule has 1 amide bonds. The average Bonchev–Trinajstić information content (AvgIpc) is 2.58. The first kappa shape index (κ1) is 20.0. The van der Waals surface area contributed by atoms with Gasteiger partial charge in [0.15, 0.2) is 0 Å². The lowest BCUT2D eigenvalue weighted by Gasteiger charge is -2.06. The van der Waals surface area contributed by atoms with Crippen molar-refractivity contribution in [2.24, 2.45) is 5.10 Å². The normalized spacial score (nSPS) is 11.7. The predicted molar refractivity (Wildman–Crippen MR) is 113 cm³/mol. The van der Waals surface area contributed by atoms with E-state index in [1.165, 1.54) is 11.8 Å². The Kier molecular flexibility index (Phi) is 8.55. The summed E-state index contributed by atoms with van der Waals surface area (Å²) < 4.78 is 0.759. The van der Waals surface area contributed by atoms with Gasteiger partial charge in [-0.25, -0.2) is 5.43 Å². The molecule has 2 rings (SSSR count). The van der Waals surface area contributed by atoms with E-state index in [1.54, 1.807) is 24.4 Å². The zero-order valence-corrected chi connectivity index (χ0v) is 17.0. The van der Waals surface area contributed by atoms with Crippen molar-refractivity contribution >= 4 is 69.1 Å². The second-order valence-electron chi connectivity index (χ2n) is 4.93. The van der Waals surface area contributed by atoms with Crippen molar-refractivity contribution in [3.8, 4) is 0 Å². The summed E-state index contributed by atoms with van der Waals surface area (Å²) in [6, 6.07) is 15.2. The lowest BCUT2D eigenvalue weighted by molar-refractivity contribution is -0.118. The van der Waals surface area contributed by atoms with Crippen molar-refractivity contribution in [3.63, 3.8) is 0 Å². The zero-order chi connectivity index (χ0) is 18.1. The number of nitrogens with one attached hydrogen (secondary N) is 1. The van der Waals surface area contributed by atoms with E-state index in [2.05, 4.69) is 26.5 Å². The van der Waals surface area contributed by atoms with Gasteiger partial charge in [-0.3, -0.25) is 4.79 Å². The van der Waals surface area contributed by atoms with Crippen molar-refractivity contribution in [2.75, 3.05) is 5.75 Å². The molecule has 0 aliphatic carbocycles. The minimum Gasteiger partial charge on any atom is -0.272 e. The molecule has 2 aromatic carbocycles. The Bertz CT molecular complexity index is 762. The van der Waals surface area contributed by atoms with Crippen LogP contribution >= 0.6 is 50.9 Å². The number of amides is 1. The number of hydrazone groups is 1. The maximum atomic E-state index is 11.8. The molecule has 3 nitrogen and oxygen atoms in total. The molecule has 0 spiro atoms. The molecule has 7 heteroatoms. The van der Waals surface area contributed by atoms with Crippen LogP contribution in [0.4, 0.5) is 0 Å². The van der Waals surface area contributed by atoms with E-state index >= 15 is 0 Å². The molecule has 1 N–H and O–H groups in total. The summed E-state index contributed by atoms with van der Waals surface area (Å²) >= 11 is 17.0. The van der Waals surface area contributed by atoms with Gasteiger partial charge in [0.05, 0.1) is 12.0 Å². The number of carbonyl (C=O) groups is 1. The third-order valence-corrected chi connectivity index (χ3v) is 5.12.